The van der Waals surface area contributed by atoms with E-state index in [2.05, 4.69) is 6.08 Å². The minimum Gasteiger partial charge on any atom is -0.491 e. The van der Waals surface area contributed by atoms with Crippen molar-refractivity contribution in [3.05, 3.63) is 35.7 Å². The summed E-state index contributed by atoms with van der Waals surface area (Å²) < 4.78 is 25.6. The first kappa shape index (κ1) is 16.4. The van der Waals surface area contributed by atoms with Crippen LogP contribution < -0.4 is 9.47 Å². The summed E-state index contributed by atoms with van der Waals surface area (Å²) in [5, 5.41) is 0. The lowest BCUT2D eigenvalue weighted by Gasteiger charge is -2.21. The van der Waals surface area contributed by atoms with Crippen molar-refractivity contribution in [2.75, 3.05) is 13.2 Å². The summed E-state index contributed by atoms with van der Waals surface area (Å²) in [5.41, 5.74) is 0.529. The van der Waals surface area contributed by atoms with Gasteiger partial charge < -0.3 is 9.47 Å². The van der Waals surface area contributed by atoms with Crippen LogP contribution in [0.5, 0.6) is 11.5 Å². The highest BCUT2D eigenvalue weighted by atomic mass is 19.1. The largest absolute Gasteiger partial charge is 0.491 e. The standard InChI is InChI=1S/C20H27FO2/c1-15-18(22-13-3-7-16-5-2-6-16)11-12-19(20(15)21)23-14-4-8-17-9-10-17/h3,7,11-12,16-17H,2,4-6,8-10,13-14H2,1H3/b7-3+. The Bertz CT molecular complexity index is 545. The molecule has 1 aromatic rings. The first-order chi connectivity index (χ1) is 11.2. The number of allylic oxidation sites excluding steroid dienone is 1. The number of rotatable bonds is 9. The molecule has 2 fully saturated rings. The molecule has 0 amide bonds. The predicted octanol–water partition coefficient (Wildman–Crippen LogP) is 5.44. The Morgan fingerprint density at radius 2 is 1.91 bits per heavy atom. The molecule has 23 heavy (non-hydrogen) atoms. The molecule has 2 aliphatic rings. The van der Waals surface area contributed by atoms with Gasteiger partial charge in [0.25, 0.3) is 0 Å². The number of benzene rings is 1. The average Bonchev–Trinajstić information content (AvgIpc) is 3.31. The third kappa shape index (κ3) is 4.73. The second-order valence-electron chi connectivity index (χ2n) is 6.87. The van der Waals surface area contributed by atoms with Gasteiger partial charge in [-0.05, 0) is 56.6 Å². The lowest BCUT2D eigenvalue weighted by molar-refractivity contribution is 0.286. The summed E-state index contributed by atoms with van der Waals surface area (Å²) in [6.45, 7) is 2.84. The summed E-state index contributed by atoms with van der Waals surface area (Å²) in [4.78, 5) is 0. The van der Waals surface area contributed by atoms with Crippen LogP contribution in [0.4, 0.5) is 4.39 Å². The SMILES string of the molecule is Cc1c(OC/C=C/C2CCC2)ccc(OCCCC2CC2)c1F. The maximum Gasteiger partial charge on any atom is 0.171 e. The molecule has 2 aliphatic carbocycles. The molecule has 0 bridgehead atoms. The molecule has 0 N–H and O–H groups in total. The van der Waals surface area contributed by atoms with E-state index in [1.54, 1.807) is 13.0 Å². The third-order valence-corrected chi connectivity index (χ3v) is 4.91. The molecule has 0 aliphatic heterocycles. The molecule has 1 aromatic carbocycles. The zero-order chi connectivity index (χ0) is 16.1. The van der Waals surface area contributed by atoms with Crippen LogP contribution in [0.1, 0.15) is 50.5 Å². The Morgan fingerprint density at radius 3 is 2.61 bits per heavy atom. The Labute approximate surface area is 138 Å². The van der Waals surface area contributed by atoms with Gasteiger partial charge in [-0.2, -0.15) is 0 Å². The molecule has 0 unspecified atom stereocenters. The van der Waals surface area contributed by atoms with Crippen LogP contribution in [-0.4, -0.2) is 13.2 Å². The van der Waals surface area contributed by atoms with Crippen molar-refractivity contribution in [2.45, 2.75) is 51.9 Å². The maximum absolute atomic E-state index is 14.3. The summed E-state index contributed by atoms with van der Waals surface area (Å²) in [6, 6.07) is 3.50. The van der Waals surface area contributed by atoms with E-state index in [1.807, 2.05) is 12.1 Å². The van der Waals surface area contributed by atoms with Crippen LogP contribution >= 0.6 is 0 Å². The van der Waals surface area contributed by atoms with E-state index in [4.69, 9.17) is 9.47 Å². The first-order valence-electron chi connectivity index (χ1n) is 8.95. The summed E-state index contributed by atoms with van der Waals surface area (Å²) in [5.74, 6) is 2.27. The van der Waals surface area contributed by atoms with Gasteiger partial charge in [-0.1, -0.05) is 31.4 Å². The van der Waals surface area contributed by atoms with Gasteiger partial charge >= 0.3 is 0 Å². The van der Waals surface area contributed by atoms with E-state index < -0.39 is 0 Å². The van der Waals surface area contributed by atoms with Gasteiger partial charge in [0.1, 0.15) is 12.4 Å². The monoisotopic (exact) mass is 318 g/mol. The zero-order valence-corrected chi connectivity index (χ0v) is 14.0. The van der Waals surface area contributed by atoms with Crippen molar-refractivity contribution in [1.82, 2.24) is 0 Å². The molecule has 0 aromatic heterocycles. The molecule has 0 radical (unpaired) electrons. The van der Waals surface area contributed by atoms with Gasteiger partial charge in [-0.15, -0.1) is 0 Å². The first-order valence-corrected chi connectivity index (χ1v) is 8.95. The van der Waals surface area contributed by atoms with Gasteiger partial charge in [0.05, 0.1) is 6.61 Å². The highest BCUT2D eigenvalue weighted by Crippen LogP contribution is 2.34. The number of ether oxygens (including phenoxy) is 2. The van der Waals surface area contributed by atoms with Crippen molar-refractivity contribution in [3.8, 4) is 11.5 Å². The van der Waals surface area contributed by atoms with Crippen LogP contribution in [0.25, 0.3) is 0 Å². The van der Waals surface area contributed by atoms with Gasteiger partial charge in [0.2, 0.25) is 0 Å². The molecule has 2 saturated carbocycles. The molecular formula is C20H27FO2. The maximum atomic E-state index is 14.3. The Hall–Kier alpha value is -1.51. The second-order valence-corrected chi connectivity index (χ2v) is 6.87. The van der Waals surface area contributed by atoms with Gasteiger partial charge in [-0.25, -0.2) is 4.39 Å². The van der Waals surface area contributed by atoms with E-state index in [1.165, 1.54) is 38.5 Å². The van der Waals surface area contributed by atoms with Crippen molar-refractivity contribution in [2.24, 2.45) is 11.8 Å². The predicted molar refractivity (Wildman–Crippen MR) is 90.6 cm³/mol. The van der Waals surface area contributed by atoms with Crippen LogP contribution in [0, 0.1) is 24.6 Å². The fraction of sp³-hybridized carbons (Fsp3) is 0.600. The van der Waals surface area contributed by atoms with Crippen LogP contribution in [0.3, 0.4) is 0 Å². The molecule has 126 valence electrons. The van der Waals surface area contributed by atoms with Crippen LogP contribution in [-0.2, 0) is 0 Å². The smallest absolute Gasteiger partial charge is 0.171 e. The summed E-state index contributed by atoms with van der Waals surface area (Å²) in [6.07, 6.45) is 13.1. The highest BCUT2D eigenvalue weighted by molar-refractivity contribution is 5.41. The minimum atomic E-state index is -0.295. The summed E-state index contributed by atoms with van der Waals surface area (Å²) >= 11 is 0. The lowest BCUT2D eigenvalue weighted by atomic mass is 9.85. The molecule has 0 heterocycles. The van der Waals surface area contributed by atoms with Crippen molar-refractivity contribution >= 4 is 0 Å². The molecule has 3 rings (SSSR count). The zero-order valence-electron chi connectivity index (χ0n) is 14.0. The van der Waals surface area contributed by atoms with Crippen LogP contribution in [0.2, 0.25) is 0 Å². The Morgan fingerprint density at radius 1 is 1.13 bits per heavy atom. The summed E-state index contributed by atoms with van der Waals surface area (Å²) in [7, 11) is 0. The molecular weight excluding hydrogens is 291 g/mol. The average molecular weight is 318 g/mol. The second kappa shape index (κ2) is 7.85. The van der Waals surface area contributed by atoms with Gasteiger partial charge in [0, 0.05) is 5.56 Å². The quantitative estimate of drug-likeness (QED) is 0.446. The van der Waals surface area contributed by atoms with Crippen LogP contribution in [0.15, 0.2) is 24.3 Å². The van der Waals surface area contributed by atoms with Crippen molar-refractivity contribution in [3.63, 3.8) is 0 Å². The van der Waals surface area contributed by atoms with Crippen molar-refractivity contribution < 1.29 is 13.9 Å². The Kier molecular flexibility index (Phi) is 5.58. The molecule has 0 atom stereocenters. The van der Waals surface area contributed by atoms with E-state index in [9.17, 15) is 4.39 Å². The number of halogens is 1. The fourth-order valence-electron chi connectivity index (χ4n) is 2.89. The van der Waals surface area contributed by atoms with Crippen molar-refractivity contribution in [1.29, 1.82) is 0 Å². The number of hydrogen-bond donors (Lipinski definition) is 0. The van der Waals surface area contributed by atoms with E-state index in [0.29, 0.717) is 30.3 Å². The van der Waals surface area contributed by atoms with E-state index in [-0.39, 0.29) is 5.82 Å². The molecule has 0 spiro atoms. The molecule has 0 saturated heterocycles. The lowest BCUT2D eigenvalue weighted by Crippen LogP contribution is -2.08. The molecule has 2 nitrogen and oxygen atoms in total. The highest BCUT2D eigenvalue weighted by Gasteiger charge is 2.20. The van der Waals surface area contributed by atoms with Gasteiger partial charge in [-0.3, -0.25) is 0 Å². The molecule has 3 heteroatoms. The van der Waals surface area contributed by atoms with Gasteiger partial charge in [0.15, 0.2) is 11.6 Å². The third-order valence-electron chi connectivity index (χ3n) is 4.91. The topological polar surface area (TPSA) is 18.5 Å². The normalized spacial score (nSPS) is 18.2. The Balaban J connectivity index is 1.46. The van der Waals surface area contributed by atoms with E-state index >= 15 is 0 Å². The number of hydrogen-bond acceptors (Lipinski definition) is 2. The minimum absolute atomic E-state index is 0.295. The van der Waals surface area contributed by atoms with E-state index in [0.717, 1.165) is 18.3 Å². The fourth-order valence-corrected chi connectivity index (χ4v) is 2.89.